The first-order chi connectivity index (χ1) is 7.24. The highest BCUT2D eigenvalue weighted by Gasteiger charge is 2.25. The van der Waals surface area contributed by atoms with Gasteiger partial charge in [0.1, 0.15) is 4.64 Å². The standard InChI is InChI=1S/C11H17N3S/c1-3-14(4-2)11-12-9(8-5-6-8)7-10(15)13-11/h7-8H,3-6H2,1-2H3,(H,12,13,15). The van der Waals surface area contributed by atoms with Gasteiger partial charge in [-0.3, -0.25) is 0 Å². The summed E-state index contributed by atoms with van der Waals surface area (Å²) in [4.78, 5) is 9.96. The average molecular weight is 223 g/mol. The van der Waals surface area contributed by atoms with E-state index in [0.717, 1.165) is 19.0 Å². The van der Waals surface area contributed by atoms with E-state index in [2.05, 4.69) is 28.7 Å². The summed E-state index contributed by atoms with van der Waals surface area (Å²) in [7, 11) is 0. The maximum Gasteiger partial charge on any atom is 0.204 e. The van der Waals surface area contributed by atoms with Crippen molar-refractivity contribution in [1.82, 2.24) is 9.97 Å². The van der Waals surface area contributed by atoms with Crippen molar-refractivity contribution in [2.24, 2.45) is 0 Å². The third-order valence-electron chi connectivity index (χ3n) is 2.83. The van der Waals surface area contributed by atoms with Crippen LogP contribution in [0, 0.1) is 4.64 Å². The summed E-state index contributed by atoms with van der Waals surface area (Å²) in [5.74, 6) is 1.62. The summed E-state index contributed by atoms with van der Waals surface area (Å²) in [5.41, 5.74) is 1.26. The van der Waals surface area contributed by atoms with E-state index in [1.165, 1.54) is 18.5 Å². The number of anilines is 1. The number of hydrogen-bond donors (Lipinski definition) is 1. The fourth-order valence-electron chi connectivity index (χ4n) is 1.75. The van der Waals surface area contributed by atoms with Crippen molar-refractivity contribution in [2.45, 2.75) is 32.6 Å². The predicted octanol–water partition coefficient (Wildman–Crippen LogP) is 2.86. The Bertz CT molecular complexity index is 391. The summed E-state index contributed by atoms with van der Waals surface area (Å²) < 4.78 is 0.706. The van der Waals surface area contributed by atoms with E-state index in [1.54, 1.807) is 0 Å². The van der Waals surface area contributed by atoms with Gasteiger partial charge < -0.3 is 9.88 Å². The molecule has 0 radical (unpaired) electrons. The molecule has 0 amide bonds. The van der Waals surface area contributed by atoms with Crippen LogP contribution in [0.25, 0.3) is 0 Å². The molecule has 82 valence electrons. The fourth-order valence-corrected chi connectivity index (χ4v) is 1.96. The van der Waals surface area contributed by atoms with Crippen molar-refractivity contribution >= 4 is 18.2 Å². The lowest BCUT2D eigenvalue weighted by Crippen LogP contribution is -2.24. The van der Waals surface area contributed by atoms with Crippen molar-refractivity contribution in [3.05, 3.63) is 16.4 Å². The third-order valence-corrected chi connectivity index (χ3v) is 3.04. The highest BCUT2D eigenvalue weighted by molar-refractivity contribution is 7.71. The van der Waals surface area contributed by atoms with Gasteiger partial charge in [-0.2, -0.15) is 0 Å². The van der Waals surface area contributed by atoms with Crippen molar-refractivity contribution < 1.29 is 0 Å². The molecule has 1 aromatic rings. The van der Waals surface area contributed by atoms with Crippen molar-refractivity contribution in [1.29, 1.82) is 0 Å². The van der Waals surface area contributed by atoms with Crippen LogP contribution in [0.15, 0.2) is 6.07 Å². The second kappa shape index (κ2) is 4.31. The van der Waals surface area contributed by atoms with E-state index in [4.69, 9.17) is 12.2 Å². The molecule has 15 heavy (non-hydrogen) atoms. The number of nitrogens with one attached hydrogen (secondary N) is 1. The Labute approximate surface area is 95.5 Å². The SMILES string of the molecule is CCN(CC)c1nc(=S)cc(C2CC2)[nH]1. The summed E-state index contributed by atoms with van der Waals surface area (Å²) in [5, 5.41) is 0. The maximum atomic E-state index is 5.19. The van der Waals surface area contributed by atoms with E-state index in [-0.39, 0.29) is 0 Å². The van der Waals surface area contributed by atoms with Crippen molar-refractivity contribution in [3.63, 3.8) is 0 Å². The minimum atomic E-state index is 0.698. The van der Waals surface area contributed by atoms with Crippen LogP contribution >= 0.6 is 12.2 Å². The molecule has 2 rings (SSSR count). The molecule has 0 atom stereocenters. The smallest absolute Gasteiger partial charge is 0.204 e. The Hall–Kier alpha value is -0.900. The van der Waals surface area contributed by atoms with E-state index in [0.29, 0.717) is 10.6 Å². The summed E-state index contributed by atoms with van der Waals surface area (Å²) >= 11 is 5.19. The predicted molar refractivity (Wildman–Crippen MR) is 65.0 cm³/mol. The number of nitrogens with zero attached hydrogens (tertiary/aromatic N) is 2. The number of rotatable bonds is 4. The van der Waals surface area contributed by atoms with Crippen LogP contribution in [0.1, 0.15) is 38.3 Å². The molecule has 0 unspecified atom stereocenters. The highest BCUT2D eigenvalue weighted by Crippen LogP contribution is 2.39. The normalized spacial score (nSPS) is 15.3. The van der Waals surface area contributed by atoms with Crippen LogP contribution in [0.4, 0.5) is 5.95 Å². The Morgan fingerprint density at radius 2 is 2.13 bits per heavy atom. The Kier molecular flexibility index (Phi) is 3.05. The highest BCUT2D eigenvalue weighted by atomic mass is 32.1. The largest absolute Gasteiger partial charge is 0.343 e. The first-order valence-corrected chi connectivity index (χ1v) is 6.01. The lowest BCUT2D eigenvalue weighted by Gasteiger charge is -2.19. The van der Waals surface area contributed by atoms with Gasteiger partial charge in [-0.05, 0) is 38.7 Å². The molecule has 1 saturated carbocycles. The van der Waals surface area contributed by atoms with E-state index in [1.807, 2.05) is 6.07 Å². The average Bonchev–Trinajstić information content (AvgIpc) is 3.02. The van der Waals surface area contributed by atoms with Gasteiger partial charge >= 0.3 is 0 Å². The quantitative estimate of drug-likeness (QED) is 0.797. The monoisotopic (exact) mass is 223 g/mol. The second-order valence-electron chi connectivity index (χ2n) is 3.94. The van der Waals surface area contributed by atoms with E-state index in [9.17, 15) is 0 Å². The molecule has 0 saturated heterocycles. The molecule has 0 aromatic carbocycles. The van der Waals surface area contributed by atoms with E-state index < -0.39 is 0 Å². The van der Waals surface area contributed by atoms with Crippen LogP contribution in [0.5, 0.6) is 0 Å². The minimum absolute atomic E-state index is 0.698. The Balaban J connectivity index is 2.33. The van der Waals surface area contributed by atoms with Crippen LogP contribution < -0.4 is 4.90 Å². The summed E-state index contributed by atoms with van der Waals surface area (Å²) in [6, 6.07) is 2.00. The van der Waals surface area contributed by atoms with Gasteiger partial charge in [-0.1, -0.05) is 12.2 Å². The van der Waals surface area contributed by atoms with Gasteiger partial charge in [0.2, 0.25) is 5.95 Å². The minimum Gasteiger partial charge on any atom is -0.343 e. The zero-order chi connectivity index (χ0) is 10.8. The molecule has 4 heteroatoms. The topological polar surface area (TPSA) is 31.9 Å². The van der Waals surface area contributed by atoms with Crippen LogP contribution in [-0.2, 0) is 0 Å². The molecular weight excluding hydrogens is 206 g/mol. The second-order valence-corrected chi connectivity index (χ2v) is 4.36. The maximum absolute atomic E-state index is 5.19. The number of aromatic nitrogens is 2. The number of hydrogen-bond acceptors (Lipinski definition) is 3. The van der Waals surface area contributed by atoms with Crippen molar-refractivity contribution in [2.75, 3.05) is 18.0 Å². The molecule has 1 heterocycles. The van der Waals surface area contributed by atoms with Crippen LogP contribution in [-0.4, -0.2) is 23.1 Å². The molecule has 1 fully saturated rings. The lowest BCUT2D eigenvalue weighted by atomic mass is 10.3. The lowest BCUT2D eigenvalue weighted by molar-refractivity contribution is 0.806. The van der Waals surface area contributed by atoms with Crippen LogP contribution in [0.2, 0.25) is 0 Å². The molecule has 1 aliphatic rings. The molecule has 1 aliphatic carbocycles. The van der Waals surface area contributed by atoms with Gasteiger partial charge in [0.25, 0.3) is 0 Å². The summed E-state index contributed by atoms with van der Waals surface area (Å²) in [6.45, 7) is 6.18. The molecular formula is C11H17N3S. The van der Waals surface area contributed by atoms with Gasteiger partial charge in [0, 0.05) is 18.8 Å². The Morgan fingerprint density at radius 3 is 2.67 bits per heavy atom. The Morgan fingerprint density at radius 1 is 1.47 bits per heavy atom. The molecule has 0 spiro atoms. The number of aromatic amines is 1. The van der Waals surface area contributed by atoms with Gasteiger partial charge in [-0.25, -0.2) is 4.98 Å². The summed E-state index contributed by atoms with van der Waals surface area (Å²) in [6.07, 6.45) is 2.57. The van der Waals surface area contributed by atoms with Gasteiger partial charge in [-0.15, -0.1) is 0 Å². The molecule has 3 nitrogen and oxygen atoms in total. The molecule has 1 N–H and O–H groups in total. The number of H-pyrrole nitrogens is 1. The zero-order valence-electron chi connectivity index (χ0n) is 9.29. The van der Waals surface area contributed by atoms with Crippen LogP contribution in [0.3, 0.4) is 0 Å². The fraction of sp³-hybridized carbons (Fsp3) is 0.636. The zero-order valence-corrected chi connectivity index (χ0v) is 10.1. The third kappa shape index (κ3) is 2.37. The first-order valence-electron chi connectivity index (χ1n) is 5.60. The first kappa shape index (κ1) is 10.6. The molecule has 0 bridgehead atoms. The van der Waals surface area contributed by atoms with Crippen molar-refractivity contribution in [3.8, 4) is 0 Å². The molecule has 1 aromatic heterocycles. The van der Waals surface area contributed by atoms with Gasteiger partial charge in [0.15, 0.2) is 0 Å². The van der Waals surface area contributed by atoms with Gasteiger partial charge in [0.05, 0.1) is 0 Å². The van der Waals surface area contributed by atoms with E-state index >= 15 is 0 Å². The molecule has 0 aliphatic heterocycles.